The monoisotopic (exact) mass is 170 g/mol. The fraction of sp³-hybridized carbons (Fsp3) is 0.778. The smallest absolute Gasteiger partial charge is 0.0835 e. The second-order valence-electron chi connectivity index (χ2n) is 3.30. The molecule has 0 N–H and O–H groups in total. The Bertz CT molecular complexity index is 140. The molecule has 1 nitrogen and oxygen atoms in total. The molecule has 1 radical (unpaired) electrons. The highest BCUT2D eigenvalue weighted by Gasteiger charge is 2.06. The Hall–Kier alpha value is 0.0200. The summed E-state index contributed by atoms with van der Waals surface area (Å²) in [5.74, 6) is 1.93. The van der Waals surface area contributed by atoms with Crippen molar-refractivity contribution in [3.05, 3.63) is 6.54 Å². The first-order valence-electron chi connectivity index (χ1n) is 4.30. The van der Waals surface area contributed by atoms with Gasteiger partial charge in [0.2, 0.25) is 0 Å². The molecule has 2 heteroatoms. The summed E-state index contributed by atoms with van der Waals surface area (Å²) >= 11 is 1.89. The maximum Gasteiger partial charge on any atom is 0.0835 e. The largest absolute Gasteiger partial charge is 0.276 e. The van der Waals surface area contributed by atoms with Crippen LogP contribution >= 0.6 is 11.8 Å². The van der Waals surface area contributed by atoms with Crippen LogP contribution in [-0.4, -0.2) is 10.8 Å². The minimum atomic E-state index is 0.839. The quantitative estimate of drug-likeness (QED) is 0.631. The fourth-order valence-electron chi connectivity index (χ4n) is 1.11. The van der Waals surface area contributed by atoms with Crippen molar-refractivity contribution in [3.8, 4) is 0 Å². The SMILES string of the molecule is CC(C)CCCC1=N[CH]CS1. The van der Waals surface area contributed by atoms with Crippen LogP contribution < -0.4 is 0 Å². The molecule has 1 aliphatic rings. The van der Waals surface area contributed by atoms with Gasteiger partial charge in [0, 0.05) is 5.75 Å². The van der Waals surface area contributed by atoms with Gasteiger partial charge < -0.3 is 0 Å². The zero-order valence-electron chi connectivity index (χ0n) is 7.34. The number of nitrogens with zero attached hydrogens (tertiary/aromatic N) is 1. The lowest BCUT2D eigenvalue weighted by molar-refractivity contribution is 0.566. The molecule has 0 fully saturated rings. The molecule has 0 aromatic rings. The normalized spacial score (nSPS) is 17.5. The third kappa shape index (κ3) is 3.80. The summed E-state index contributed by atoms with van der Waals surface area (Å²) < 4.78 is 0. The van der Waals surface area contributed by atoms with E-state index in [0.717, 1.165) is 11.7 Å². The maximum absolute atomic E-state index is 4.29. The van der Waals surface area contributed by atoms with Crippen molar-refractivity contribution in [2.24, 2.45) is 10.9 Å². The molecule has 0 aliphatic carbocycles. The van der Waals surface area contributed by atoms with E-state index >= 15 is 0 Å². The Morgan fingerprint density at radius 3 is 3.00 bits per heavy atom. The highest BCUT2D eigenvalue weighted by molar-refractivity contribution is 8.14. The number of aliphatic imine (C=N–C) groups is 1. The van der Waals surface area contributed by atoms with Gasteiger partial charge >= 0.3 is 0 Å². The van der Waals surface area contributed by atoms with E-state index in [-0.39, 0.29) is 0 Å². The topological polar surface area (TPSA) is 12.4 Å². The highest BCUT2D eigenvalue weighted by Crippen LogP contribution is 2.19. The minimum absolute atomic E-state index is 0.839. The van der Waals surface area contributed by atoms with Crippen LogP contribution in [0.5, 0.6) is 0 Å². The van der Waals surface area contributed by atoms with Crippen LogP contribution in [0, 0.1) is 12.5 Å². The van der Waals surface area contributed by atoms with Gasteiger partial charge in [-0.15, -0.1) is 11.8 Å². The second kappa shape index (κ2) is 4.81. The Labute approximate surface area is 73.7 Å². The molecule has 1 rings (SSSR count). The van der Waals surface area contributed by atoms with Crippen LogP contribution in [0.1, 0.15) is 33.1 Å². The fourth-order valence-corrected chi connectivity index (χ4v) is 1.89. The molecule has 11 heavy (non-hydrogen) atoms. The van der Waals surface area contributed by atoms with Crippen molar-refractivity contribution in [2.45, 2.75) is 33.1 Å². The van der Waals surface area contributed by atoms with Gasteiger partial charge in [-0.05, 0) is 18.8 Å². The van der Waals surface area contributed by atoms with E-state index in [2.05, 4.69) is 18.8 Å². The van der Waals surface area contributed by atoms with Gasteiger partial charge in [-0.2, -0.15) is 0 Å². The van der Waals surface area contributed by atoms with E-state index in [4.69, 9.17) is 0 Å². The number of thioether (sulfide) groups is 1. The summed E-state index contributed by atoms with van der Waals surface area (Å²) in [6.07, 6.45) is 3.83. The molecule has 63 valence electrons. The van der Waals surface area contributed by atoms with Crippen molar-refractivity contribution >= 4 is 16.8 Å². The molecule has 0 unspecified atom stereocenters. The second-order valence-corrected chi connectivity index (χ2v) is 4.40. The van der Waals surface area contributed by atoms with E-state index in [0.29, 0.717) is 0 Å². The van der Waals surface area contributed by atoms with Crippen LogP contribution in [-0.2, 0) is 0 Å². The minimum Gasteiger partial charge on any atom is -0.276 e. The van der Waals surface area contributed by atoms with Crippen LogP contribution in [0.2, 0.25) is 0 Å². The van der Waals surface area contributed by atoms with Crippen molar-refractivity contribution in [1.29, 1.82) is 0 Å². The van der Waals surface area contributed by atoms with Gasteiger partial charge in [0.1, 0.15) is 0 Å². The molecular weight excluding hydrogens is 154 g/mol. The van der Waals surface area contributed by atoms with Crippen LogP contribution in [0.4, 0.5) is 0 Å². The lowest BCUT2D eigenvalue weighted by Gasteiger charge is -2.02. The summed E-state index contributed by atoms with van der Waals surface area (Å²) in [4.78, 5) is 4.29. The van der Waals surface area contributed by atoms with Crippen molar-refractivity contribution in [1.82, 2.24) is 0 Å². The predicted octanol–water partition coefficient (Wildman–Crippen LogP) is 3.12. The number of hydrogen-bond donors (Lipinski definition) is 0. The lowest BCUT2D eigenvalue weighted by Crippen LogP contribution is -1.92. The van der Waals surface area contributed by atoms with Crippen LogP contribution in [0.3, 0.4) is 0 Å². The molecule has 0 saturated carbocycles. The van der Waals surface area contributed by atoms with E-state index < -0.39 is 0 Å². The zero-order chi connectivity index (χ0) is 8.10. The van der Waals surface area contributed by atoms with Gasteiger partial charge in [0.25, 0.3) is 0 Å². The van der Waals surface area contributed by atoms with Crippen LogP contribution in [0.15, 0.2) is 4.99 Å². The van der Waals surface area contributed by atoms with Crippen molar-refractivity contribution in [3.63, 3.8) is 0 Å². The van der Waals surface area contributed by atoms with Crippen molar-refractivity contribution in [2.75, 3.05) is 5.75 Å². The summed E-state index contributed by atoms with van der Waals surface area (Å²) in [5.41, 5.74) is 0. The number of hydrogen-bond acceptors (Lipinski definition) is 2. The summed E-state index contributed by atoms with van der Waals surface area (Å²) in [6.45, 7) is 6.56. The third-order valence-corrected chi connectivity index (χ3v) is 2.69. The standard InChI is InChI=1S/C9H16NS/c1-8(2)4-3-5-9-10-6-7-11-9/h6,8H,3-5,7H2,1-2H3. The first-order chi connectivity index (χ1) is 5.29. The molecule has 0 aromatic heterocycles. The van der Waals surface area contributed by atoms with Crippen LogP contribution in [0.25, 0.3) is 0 Å². The summed E-state index contributed by atoms with van der Waals surface area (Å²) in [6, 6.07) is 0. The predicted molar refractivity (Wildman–Crippen MR) is 52.9 cm³/mol. The summed E-state index contributed by atoms with van der Waals surface area (Å²) in [5, 5.41) is 1.34. The zero-order valence-corrected chi connectivity index (χ0v) is 8.16. The molecule has 0 amide bonds. The molecule has 1 heterocycles. The molecule has 1 aliphatic heterocycles. The van der Waals surface area contributed by atoms with E-state index in [1.165, 1.54) is 24.3 Å². The van der Waals surface area contributed by atoms with E-state index in [1.54, 1.807) is 0 Å². The highest BCUT2D eigenvalue weighted by atomic mass is 32.2. The Balaban J connectivity index is 2.03. The Morgan fingerprint density at radius 2 is 2.45 bits per heavy atom. The average molecular weight is 170 g/mol. The van der Waals surface area contributed by atoms with E-state index in [9.17, 15) is 0 Å². The molecule has 0 spiro atoms. The van der Waals surface area contributed by atoms with Gasteiger partial charge in [-0.25, -0.2) is 0 Å². The molecule has 0 atom stereocenters. The first-order valence-corrected chi connectivity index (χ1v) is 5.28. The maximum atomic E-state index is 4.29. The lowest BCUT2D eigenvalue weighted by atomic mass is 10.1. The van der Waals surface area contributed by atoms with E-state index in [1.807, 2.05) is 18.3 Å². The van der Waals surface area contributed by atoms with Gasteiger partial charge in [0.15, 0.2) is 0 Å². The first kappa shape index (κ1) is 9.11. The summed E-state index contributed by atoms with van der Waals surface area (Å²) in [7, 11) is 0. The molecular formula is C9H16NS. The van der Waals surface area contributed by atoms with Gasteiger partial charge in [-0.1, -0.05) is 20.3 Å². The Morgan fingerprint density at radius 1 is 1.64 bits per heavy atom. The molecule has 0 aromatic carbocycles. The van der Waals surface area contributed by atoms with Gasteiger partial charge in [0.05, 0.1) is 11.6 Å². The molecule has 0 saturated heterocycles. The Kier molecular flexibility index (Phi) is 3.98. The third-order valence-electron chi connectivity index (χ3n) is 1.73. The molecule has 0 bridgehead atoms. The average Bonchev–Trinajstić information content (AvgIpc) is 2.39. The number of rotatable bonds is 4. The van der Waals surface area contributed by atoms with Gasteiger partial charge in [-0.3, -0.25) is 4.99 Å². The van der Waals surface area contributed by atoms with Crippen molar-refractivity contribution < 1.29 is 0 Å².